The summed E-state index contributed by atoms with van der Waals surface area (Å²) in [5, 5.41) is 5.31. The lowest BCUT2D eigenvalue weighted by molar-refractivity contribution is -0.125. The van der Waals surface area contributed by atoms with Crippen LogP contribution in [0.25, 0.3) is 0 Å². The fraction of sp³-hybridized carbons (Fsp3) is 0.381. The van der Waals surface area contributed by atoms with Crippen molar-refractivity contribution in [2.24, 2.45) is 0 Å². The highest BCUT2D eigenvalue weighted by Crippen LogP contribution is 2.24. The molecule has 0 unspecified atom stereocenters. The van der Waals surface area contributed by atoms with Gasteiger partial charge in [-0.3, -0.25) is 19.3 Å². The zero-order valence-electron chi connectivity index (χ0n) is 17.7. The molecule has 1 aromatic carbocycles. The summed E-state index contributed by atoms with van der Waals surface area (Å²) in [6, 6.07) is 6.71. The van der Waals surface area contributed by atoms with E-state index in [4.69, 9.17) is 16.3 Å². The molecule has 2 N–H and O–H groups in total. The van der Waals surface area contributed by atoms with Crippen LogP contribution in [0.15, 0.2) is 30.3 Å². The number of carbonyl (C=O) groups is 3. The van der Waals surface area contributed by atoms with E-state index in [1.807, 2.05) is 6.92 Å². The van der Waals surface area contributed by atoms with Crippen molar-refractivity contribution in [1.29, 1.82) is 0 Å². The van der Waals surface area contributed by atoms with Crippen LogP contribution in [-0.2, 0) is 14.3 Å². The van der Waals surface area contributed by atoms with Crippen molar-refractivity contribution in [1.82, 2.24) is 10.2 Å². The predicted octanol–water partition coefficient (Wildman–Crippen LogP) is 2.59. The van der Waals surface area contributed by atoms with Gasteiger partial charge in [0.15, 0.2) is 0 Å². The van der Waals surface area contributed by atoms with E-state index in [-0.39, 0.29) is 30.7 Å². The van der Waals surface area contributed by atoms with Crippen LogP contribution in [0.2, 0.25) is 4.34 Å². The lowest BCUT2D eigenvalue weighted by Gasteiger charge is -2.28. The van der Waals surface area contributed by atoms with Gasteiger partial charge in [0.1, 0.15) is 18.5 Å². The molecule has 1 aliphatic heterocycles. The molecule has 1 aliphatic rings. The predicted molar refractivity (Wildman–Crippen MR) is 122 cm³/mol. The summed E-state index contributed by atoms with van der Waals surface area (Å²) in [5.41, 5.74) is 0.392. The van der Waals surface area contributed by atoms with E-state index in [1.54, 1.807) is 30.1 Å². The van der Waals surface area contributed by atoms with Gasteiger partial charge in [-0.05, 0) is 43.9 Å². The number of morpholine rings is 1. The van der Waals surface area contributed by atoms with Crippen LogP contribution in [0.1, 0.15) is 16.6 Å². The number of nitrogens with zero attached hydrogens (tertiary/aromatic N) is 2. The minimum Gasteiger partial charge on any atom is -0.370 e. The number of ether oxygens (including phenoxy) is 1. The van der Waals surface area contributed by atoms with Crippen molar-refractivity contribution < 1.29 is 23.5 Å². The maximum Gasteiger partial charge on any atom is 0.261 e. The maximum atomic E-state index is 14.7. The topological polar surface area (TPSA) is 91.0 Å². The molecule has 3 amide bonds. The van der Waals surface area contributed by atoms with Crippen molar-refractivity contribution in [3.63, 3.8) is 0 Å². The molecule has 1 aromatic heterocycles. The van der Waals surface area contributed by atoms with E-state index in [9.17, 15) is 18.8 Å². The number of rotatable bonds is 8. The zero-order chi connectivity index (χ0) is 23.3. The fourth-order valence-corrected chi connectivity index (χ4v) is 4.12. The Hall–Kier alpha value is -2.53. The summed E-state index contributed by atoms with van der Waals surface area (Å²) in [7, 11) is 1.74. The smallest absolute Gasteiger partial charge is 0.261 e. The first-order valence-corrected chi connectivity index (χ1v) is 11.2. The molecule has 0 aliphatic carbocycles. The van der Waals surface area contributed by atoms with E-state index < -0.39 is 17.8 Å². The number of carbonyl (C=O) groups excluding carboxylic acids is 3. The molecule has 0 radical (unpaired) electrons. The van der Waals surface area contributed by atoms with Gasteiger partial charge in [0.05, 0.1) is 21.5 Å². The van der Waals surface area contributed by atoms with E-state index in [1.165, 1.54) is 17.0 Å². The first-order valence-electron chi connectivity index (χ1n) is 10.0. The standard InChI is InChI=1S/C21H24ClFN4O4S/c1-3-26(2)16(11-24-21(30)17-6-7-18(22)32-17)20(29)25-15-5-4-13(10-14(15)23)27-8-9-31-12-19(27)28/h4-7,10,16H,3,8-9,11-12H2,1-2H3,(H,24,30)(H,25,29)/t16-/m1/s1. The quantitative estimate of drug-likeness (QED) is 0.603. The highest BCUT2D eigenvalue weighted by Gasteiger charge is 2.25. The van der Waals surface area contributed by atoms with Crippen LogP contribution >= 0.6 is 22.9 Å². The van der Waals surface area contributed by atoms with Gasteiger partial charge in [0, 0.05) is 18.8 Å². The average molecular weight is 483 g/mol. The number of benzene rings is 1. The summed E-state index contributed by atoms with van der Waals surface area (Å²) in [5.74, 6) is -1.71. The molecule has 8 nitrogen and oxygen atoms in total. The number of thiophene rings is 1. The maximum absolute atomic E-state index is 14.7. The highest BCUT2D eigenvalue weighted by atomic mass is 35.5. The second-order valence-corrected chi connectivity index (χ2v) is 8.87. The Balaban J connectivity index is 1.67. The van der Waals surface area contributed by atoms with E-state index in [2.05, 4.69) is 10.6 Å². The molecule has 11 heteroatoms. The van der Waals surface area contributed by atoms with Gasteiger partial charge >= 0.3 is 0 Å². The summed E-state index contributed by atoms with van der Waals surface area (Å²) in [6.07, 6.45) is 0. The largest absolute Gasteiger partial charge is 0.370 e. The summed E-state index contributed by atoms with van der Waals surface area (Å²) >= 11 is 7.01. The minimum atomic E-state index is -0.723. The van der Waals surface area contributed by atoms with Crippen molar-refractivity contribution in [2.45, 2.75) is 13.0 Å². The highest BCUT2D eigenvalue weighted by molar-refractivity contribution is 7.18. The Morgan fingerprint density at radius 2 is 2.12 bits per heavy atom. The molecule has 1 fully saturated rings. The molecular weight excluding hydrogens is 459 g/mol. The van der Waals surface area contributed by atoms with Gasteiger partial charge in [0.2, 0.25) is 5.91 Å². The number of likely N-dealkylation sites (N-methyl/N-ethyl adjacent to an activating group) is 1. The zero-order valence-corrected chi connectivity index (χ0v) is 19.3. The number of anilines is 2. The van der Waals surface area contributed by atoms with E-state index in [0.29, 0.717) is 34.6 Å². The minimum absolute atomic E-state index is 0.00896. The van der Waals surface area contributed by atoms with Gasteiger partial charge in [-0.2, -0.15) is 0 Å². The van der Waals surface area contributed by atoms with Crippen LogP contribution in [0.3, 0.4) is 0 Å². The van der Waals surface area contributed by atoms with Gasteiger partial charge < -0.3 is 20.3 Å². The third-order valence-electron chi connectivity index (χ3n) is 5.09. The Morgan fingerprint density at radius 1 is 1.34 bits per heavy atom. The third kappa shape index (κ3) is 5.83. The van der Waals surface area contributed by atoms with Crippen LogP contribution in [0, 0.1) is 5.82 Å². The first kappa shape index (κ1) is 24.1. The van der Waals surface area contributed by atoms with Crippen molar-refractivity contribution in [3.8, 4) is 0 Å². The van der Waals surface area contributed by atoms with Gasteiger partial charge in [-0.15, -0.1) is 11.3 Å². The van der Waals surface area contributed by atoms with Gasteiger partial charge in [-0.1, -0.05) is 18.5 Å². The second kappa shape index (κ2) is 10.9. The van der Waals surface area contributed by atoms with Gasteiger partial charge in [-0.25, -0.2) is 4.39 Å². The molecule has 3 rings (SSSR count). The molecule has 0 bridgehead atoms. The Kier molecular flexibility index (Phi) is 8.19. The molecule has 2 heterocycles. The Labute approximate surface area is 194 Å². The molecule has 1 atom stereocenters. The Morgan fingerprint density at radius 3 is 2.75 bits per heavy atom. The number of halogens is 2. The van der Waals surface area contributed by atoms with Crippen molar-refractivity contribution in [2.75, 3.05) is 50.1 Å². The van der Waals surface area contributed by atoms with E-state index >= 15 is 0 Å². The van der Waals surface area contributed by atoms with Crippen LogP contribution in [0.4, 0.5) is 15.8 Å². The second-order valence-electron chi connectivity index (χ2n) is 7.15. The number of hydrogen-bond donors (Lipinski definition) is 2. The van der Waals surface area contributed by atoms with Gasteiger partial charge in [0.25, 0.3) is 11.8 Å². The number of hydrogen-bond acceptors (Lipinski definition) is 6. The summed E-state index contributed by atoms with van der Waals surface area (Å²) in [6.45, 7) is 3.11. The Bertz CT molecular complexity index is 1000. The molecule has 0 saturated carbocycles. The SMILES string of the molecule is CCN(C)[C@H](CNC(=O)c1ccc(Cl)s1)C(=O)Nc1ccc(N2CCOCC2=O)cc1F. The molecule has 2 aromatic rings. The first-order chi connectivity index (χ1) is 15.3. The molecular formula is C21H24ClFN4O4S. The monoisotopic (exact) mass is 482 g/mol. The summed E-state index contributed by atoms with van der Waals surface area (Å²) < 4.78 is 20.3. The van der Waals surface area contributed by atoms with Crippen LogP contribution < -0.4 is 15.5 Å². The lowest BCUT2D eigenvalue weighted by Crippen LogP contribution is -2.49. The molecule has 0 spiro atoms. The molecule has 172 valence electrons. The van der Waals surface area contributed by atoms with Crippen LogP contribution in [-0.4, -0.2) is 68.6 Å². The normalized spacial score (nSPS) is 15.0. The number of nitrogens with one attached hydrogen (secondary N) is 2. The van der Waals surface area contributed by atoms with E-state index in [0.717, 1.165) is 11.3 Å². The lowest BCUT2D eigenvalue weighted by atomic mass is 10.2. The average Bonchev–Trinajstić information content (AvgIpc) is 3.21. The summed E-state index contributed by atoms with van der Waals surface area (Å²) in [4.78, 5) is 40.8. The fourth-order valence-electron chi connectivity index (χ4n) is 3.16. The van der Waals surface area contributed by atoms with Crippen molar-refractivity contribution in [3.05, 3.63) is 45.4 Å². The molecule has 1 saturated heterocycles. The number of amides is 3. The third-order valence-corrected chi connectivity index (χ3v) is 6.32. The van der Waals surface area contributed by atoms with Crippen LogP contribution in [0.5, 0.6) is 0 Å². The molecule has 32 heavy (non-hydrogen) atoms. The van der Waals surface area contributed by atoms with Crippen molar-refractivity contribution >= 4 is 52.0 Å².